The molecule has 150 valence electrons. The van der Waals surface area contributed by atoms with Crippen molar-refractivity contribution in [3.8, 4) is 0 Å². The predicted molar refractivity (Wildman–Crippen MR) is 90.5 cm³/mol. The van der Waals surface area contributed by atoms with Gasteiger partial charge in [0.25, 0.3) is 5.91 Å². The highest BCUT2D eigenvalue weighted by Gasteiger charge is 2.57. The Hall–Kier alpha value is -2.16. The van der Waals surface area contributed by atoms with Crippen LogP contribution in [0.2, 0.25) is 0 Å². The van der Waals surface area contributed by atoms with Crippen LogP contribution in [0.5, 0.6) is 0 Å². The van der Waals surface area contributed by atoms with Crippen LogP contribution in [0.3, 0.4) is 0 Å². The molecule has 1 aliphatic heterocycles. The first kappa shape index (κ1) is 21.1. The smallest absolute Gasteiger partial charge is 0.373 e. The van der Waals surface area contributed by atoms with Gasteiger partial charge in [0.05, 0.1) is 5.69 Å². The molecule has 1 atom stereocenters. The average molecular weight is 390 g/mol. The topological polar surface area (TPSA) is 60.9 Å². The molecule has 1 aliphatic rings. The fourth-order valence-electron chi connectivity index (χ4n) is 3.04. The minimum atomic E-state index is -5.08. The third-order valence-electron chi connectivity index (χ3n) is 4.89. The van der Waals surface area contributed by atoms with Crippen molar-refractivity contribution < 1.29 is 32.3 Å². The Labute approximate surface area is 154 Å². The van der Waals surface area contributed by atoms with Crippen LogP contribution in [-0.4, -0.2) is 53.7 Å². The summed E-state index contributed by atoms with van der Waals surface area (Å²) in [5.41, 5.74) is -2.64. The number of aliphatic hydroxyl groups is 1. The largest absolute Gasteiger partial charge is 0.426 e. The molecule has 1 heterocycles. The fraction of sp³-hybridized carbons (Fsp3) is 0.556. The Kier molecular flexibility index (Phi) is 5.84. The van der Waals surface area contributed by atoms with Gasteiger partial charge in [-0.2, -0.15) is 13.2 Å². The lowest BCUT2D eigenvalue weighted by Crippen LogP contribution is -2.57. The fourth-order valence-corrected chi connectivity index (χ4v) is 3.04. The van der Waals surface area contributed by atoms with Crippen LogP contribution in [0.1, 0.15) is 25.3 Å². The lowest BCUT2D eigenvalue weighted by atomic mass is 9.93. The quantitative estimate of drug-likeness (QED) is 0.808. The molecule has 0 aromatic heterocycles. The van der Waals surface area contributed by atoms with Gasteiger partial charge in [-0.05, 0) is 44.4 Å². The summed E-state index contributed by atoms with van der Waals surface area (Å²) in [6, 6.07) is 4.46. The Morgan fingerprint density at radius 2 is 1.78 bits per heavy atom. The van der Waals surface area contributed by atoms with Crippen LogP contribution in [0, 0.1) is 18.7 Å². The van der Waals surface area contributed by atoms with Crippen LogP contribution in [-0.2, 0) is 9.59 Å². The van der Waals surface area contributed by atoms with Crippen LogP contribution in [0.15, 0.2) is 18.2 Å². The first-order valence-corrected chi connectivity index (χ1v) is 8.48. The van der Waals surface area contributed by atoms with Gasteiger partial charge in [-0.25, -0.2) is 4.39 Å². The van der Waals surface area contributed by atoms with Crippen LogP contribution < -0.4 is 4.90 Å². The summed E-state index contributed by atoms with van der Waals surface area (Å²) in [6.45, 7) is 1.95. The van der Waals surface area contributed by atoms with E-state index < -0.39 is 29.4 Å². The second kappa shape index (κ2) is 7.46. The van der Waals surface area contributed by atoms with Crippen LogP contribution in [0.25, 0.3) is 0 Å². The maximum Gasteiger partial charge on any atom is 0.426 e. The number of hydrogen-bond acceptors (Lipinski definition) is 3. The number of halogens is 4. The number of nitrogens with zero attached hydrogens (tertiary/aromatic N) is 2. The number of hydrogen-bond donors (Lipinski definition) is 1. The summed E-state index contributed by atoms with van der Waals surface area (Å²) in [6.07, 6.45) is -4.81. The molecule has 1 aromatic rings. The highest BCUT2D eigenvalue weighted by molar-refractivity contribution is 5.95. The Morgan fingerprint density at radius 3 is 2.26 bits per heavy atom. The number of anilines is 1. The minimum Gasteiger partial charge on any atom is -0.373 e. The third kappa shape index (κ3) is 4.23. The number of benzene rings is 1. The van der Waals surface area contributed by atoms with E-state index in [0.29, 0.717) is 12.5 Å². The van der Waals surface area contributed by atoms with Crippen LogP contribution >= 0.6 is 0 Å². The number of alkyl halides is 3. The number of aryl methyl sites for hydroxylation is 1. The number of carbonyl (C=O) groups is 2. The van der Waals surface area contributed by atoms with Gasteiger partial charge in [0.1, 0.15) is 5.82 Å². The normalized spacial score (nSPS) is 18.1. The van der Waals surface area contributed by atoms with Gasteiger partial charge in [-0.3, -0.25) is 9.59 Å². The summed E-state index contributed by atoms with van der Waals surface area (Å²) in [7, 11) is 1.43. The van der Waals surface area contributed by atoms with Gasteiger partial charge in [0.15, 0.2) is 0 Å². The zero-order valence-corrected chi connectivity index (χ0v) is 15.3. The van der Waals surface area contributed by atoms with Gasteiger partial charge in [-0.15, -0.1) is 0 Å². The number of likely N-dealkylation sites (tertiary alicyclic amines) is 1. The maximum atomic E-state index is 14.1. The number of carbonyl (C=O) groups excluding carboxylic acids is 2. The molecule has 0 saturated carbocycles. The molecule has 1 fully saturated rings. The molecular formula is C18H22F4N2O3. The summed E-state index contributed by atoms with van der Waals surface area (Å²) >= 11 is 0. The number of amides is 2. The molecule has 0 spiro atoms. The predicted octanol–water partition coefficient (Wildman–Crippen LogP) is 2.65. The highest BCUT2D eigenvalue weighted by Crippen LogP contribution is 2.33. The zero-order valence-electron chi connectivity index (χ0n) is 15.3. The average Bonchev–Trinajstić information content (AvgIpc) is 2.59. The number of rotatable bonds is 3. The van der Waals surface area contributed by atoms with E-state index in [1.165, 1.54) is 24.1 Å². The first-order chi connectivity index (χ1) is 12.4. The molecule has 1 aromatic carbocycles. The highest BCUT2D eigenvalue weighted by atomic mass is 19.4. The molecule has 1 saturated heterocycles. The first-order valence-electron chi connectivity index (χ1n) is 8.48. The molecule has 27 heavy (non-hydrogen) atoms. The van der Waals surface area contributed by atoms with Crippen molar-refractivity contribution in [2.45, 2.75) is 38.5 Å². The van der Waals surface area contributed by atoms with E-state index in [0.717, 1.165) is 4.90 Å². The molecule has 0 radical (unpaired) electrons. The van der Waals surface area contributed by atoms with E-state index >= 15 is 0 Å². The van der Waals surface area contributed by atoms with E-state index in [4.69, 9.17) is 0 Å². The van der Waals surface area contributed by atoms with Gasteiger partial charge in [-0.1, -0.05) is 6.07 Å². The van der Waals surface area contributed by atoms with Crippen LogP contribution in [0.4, 0.5) is 23.2 Å². The molecule has 1 N–H and O–H groups in total. The second-order valence-corrected chi connectivity index (χ2v) is 6.99. The molecule has 0 aliphatic carbocycles. The second-order valence-electron chi connectivity index (χ2n) is 6.99. The number of piperidine rings is 1. The van der Waals surface area contributed by atoms with Crippen molar-refractivity contribution in [3.05, 3.63) is 29.6 Å². The minimum absolute atomic E-state index is 0.0916. The molecule has 2 rings (SSSR count). The molecule has 5 nitrogen and oxygen atoms in total. The lowest BCUT2D eigenvalue weighted by molar-refractivity contribution is -0.250. The summed E-state index contributed by atoms with van der Waals surface area (Å²) < 4.78 is 52.5. The Morgan fingerprint density at radius 1 is 1.22 bits per heavy atom. The van der Waals surface area contributed by atoms with E-state index in [9.17, 15) is 32.3 Å². The van der Waals surface area contributed by atoms with Crippen molar-refractivity contribution in [1.82, 2.24) is 4.90 Å². The molecule has 9 heteroatoms. The van der Waals surface area contributed by atoms with E-state index in [1.54, 1.807) is 13.0 Å². The lowest BCUT2D eigenvalue weighted by Gasteiger charge is -2.37. The van der Waals surface area contributed by atoms with Crippen molar-refractivity contribution in [3.63, 3.8) is 0 Å². The van der Waals surface area contributed by atoms with Crippen molar-refractivity contribution >= 4 is 17.5 Å². The summed E-state index contributed by atoms with van der Waals surface area (Å²) in [5.74, 6) is -2.89. The van der Waals surface area contributed by atoms with E-state index in [1.807, 2.05) is 0 Å². The molecule has 1 unspecified atom stereocenters. The maximum absolute atomic E-state index is 14.1. The molecule has 2 amide bonds. The van der Waals surface area contributed by atoms with Gasteiger partial charge in [0.2, 0.25) is 11.5 Å². The monoisotopic (exact) mass is 390 g/mol. The van der Waals surface area contributed by atoms with Gasteiger partial charge >= 0.3 is 6.18 Å². The van der Waals surface area contributed by atoms with E-state index in [-0.39, 0.29) is 37.5 Å². The van der Waals surface area contributed by atoms with Crippen molar-refractivity contribution in [2.75, 3.05) is 25.0 Å². The summed E-state index contributed by atoms with van der Waals surface area (Å²) in [4.78, 5) is 26.7. The van der Waals surface area contributed by atoms with E-state index in [2.05, 4.69) is 0 Å². The third-order valence-corrected chi connectivity index (χ3v) is 4.89. The van der Waals surface area contributed by atoms with Crippen molar-refractivity contribution in [2.24, 2.45) is 5.92 Å². The van der Waals surface area contributed by atoms with Crippen molar-refractivity contribution in [1.29, 1.82) is 0 Å². The Balaban J connectivity index is 2.02. The Bertz CT molecular complexity index is 726. The van der Waals surface area contributed by atoms with Gasteiger partial charge < -0.3 is 14.9 Å². The zero-order chi connectivity index (χ0) is 20.6. The SMILES string of the molecule is Cc1ccc(N(C)C(=O)C2CCN(C(=O)C(C)(O)C(F)(F)F)CC2)c(F)c1. The standard InChI is InChI=1S/C18H22F4N2O3/c1-11-4-5-14(13(19)10-11)23(3)15(25)12-6-8-24(9-7-12)16(26)17(2,27)18(20,21)22/h4-5,10,12,27H,6-9H2,1-3H3. The summed E-state index contributed by atoms with van der Waals surface area (Å²) in [5, 5.41) is 9.50. The van der Waals surface area contributed by atoms with Gasteiger partial charge in [0, 0.05) is 26.1 Å². The molecule has 0 bridgehead atoms. The molecular weight excluding hydrogens is 368 g/mol.